The molecule has 2 rings (SSSR count). The molecule has 0 bridgehead atoms. The van der Waals surface area contributed by atoms with Crippen LogP contribution in [0.25, 0.3) is 0 Å². The summed E-state index contributed by atoms with van der Waals surface area (Å²) >= 11 is 0. The molecule has 0 spiro atoms. The van der Waals surface area contributed by atoms with E-state index < -0.39 is 5.97 Å². The fourth-order valence-electron chi connectivity index (χ4n) is 1.97. The van der Waals surface area contributed by atoms with Crippen LogP contribution >= 0.6 is 0 Å². The number of rotatable bonds is 5. The Morgan fingerprint density at radius 2 is 1.85 bits per heavy atom. The summed E-state index contributed by atoms with van der Waals surface area (Å²) in [6.07, 6.45) is 2.91. The zero-order chi connectivity index (χ0) is 14.5. The van der Waals surface area contributed by atoms with Crippen LogP contribution in [0.1, 0.15) is 29.9 Å². The van der Waals surface area contributed by atoms with Crippen molar-refractivity contribution >= 4 is 11.8 Å². The van der Waals surface area contributed by atoms with E-state index in [0.717, 1.165) is 5.56 Å². The van der Waals surface area contributed by atoms with E-state index in [0.29, 0.717) is 12.4 Å². The number of carbonyl (C=O) groups is 1. The Labute approximate surface area is 117 Å². The SMILES string of the molecule is CC(C)N(Cc1ccccc1)c1nccnc1C(=O)O. The smallest absolute Gasteiger partial charge is 0.358 e. The van der Waals surface area contributed by atoms with Crippen LogP contribution < -0.4 is 4.90 Å². The summed E-state index contributed by atoms with van der Waals surface area (Å²) in [6.45, 7) is 4.60. The van der Waals surface area contributed by atoms with Gasteiger partial charge in [0.1, 0.15) is 0 Å². The lowest BCUT2D eigenvalue weighted by molar-refractivity contribution is 0.0690. The first kappa shape index (κ1) is 14.0. The van der Waals surface area contributed by atoms with Crippen molar-refractivity contribution in [2.24, 2.45) is 0 Å². The van der Waals surface area contributed by atoms with Crippen LogP contribution in [0.3, 0.4) is 0 Å². The molecule has 0 aliphatic rings. The first-order valence-electron chi connectivity index (χ1n) is 6.44. The van der Waals surface area contributed by atoms with E-state index in [9.17, 15) is 9.90 Å². The van der Waals surface area contributed by atoms with Crippen molar-refractivity contribution < 1.29 is 9.90 Å². The van der Waals surface area contributed by atoms with Gasteiger partial charge in [-0.1, -0.05) is 30.3 Å². The summed E-state index contributed by atoms with van der Waals surface area (Å²) in [6, 6.07) is 10.0. The Hall–Kier alpha value is -2.43. The van der Waals surface area contributed by atoms with Gasteiger partial charge in [-0.3, -0.25) is 0 Å². The number of hydrogen-bond donors (Lipinski definition) is 1. The van der Waals surface area contributed by atoms with Crippen LogP contribution in [0.5, 0.6) is 0 Å². The predicted octanol–water partition coefficient (Wildman–Crippen LogP) is 2.59. The van der Waals surface area contributed by atoms with E-state index in [-0.39, 0.29) is 11.7 Å². The van der Waals surface area contributed by atoms with Gasteiger partial charge in [-0.05, 0) is 19.4 Å². The Kier molecular flexibility index (Phi) is 4.30. The highest BCUT2D eigenvalue weighted by Gasteiger charge is 2.21. The highest BCUT2D eigenvalue weighted by Crippen LogP contribution is 2.20. The van der Waals surface area contributed by atoms with Crippen molar-refractivity contribution in [1.29, 1.82) is 0 Å². The number of benzene rings is 1. The van der Waals surface area contributed by atoms with Gasteiger partial charge in [0.05, 0.1) is 0 Å². The second kappa shape index (κ2) is 6.14. The highest BCUT2D eigenvalue weighted by atomic mass is 16.4. The van der Waals surface area contributed by atoms with Crippen molar-refractivity contribution in [1.82, 2.24) is 9.97 Å². The monoisotopic (exact) mass is 271 g/mol. The second-order valence-electron chi connectivity index (χ2n) is 4.74. The van der Waals surface area contributed by atoms with Gasteiger partial charge in [0, 0.05) is 25.0 Å². The lowest BCUT2D eigenvalue weighted by atomic mass is 10.2. The van der Waals surface area contributed by atoms with E-state index in [1.807, 2.05) is 49.1 Å². The molecule has 0 unspecified atom stereocenters. The molecule has 2 aromatic rings. The number of anilines is 1. The van der Waals surface area contributed by atoms with Crippen LogP contribution in [0.2, 0.25) is 0 Å². The average Bonchev–Trinajstić information content (AvgIpc) is 2.45. The molecular weight excluding hydrogens is 254 g/mol. The third-order valence-electron chi connectivity index (χ3n) is 2.97. The summed E-state index contributed by atoms with van der Waals surface area (Å²) in [5.74, 6) is -0.661. The van der Waals surface area contributed by atoms with Crippen molar-refractivity contribution in [2.75, 3.05) is 4.90 Å². The Balaban J connectivity index is 2.37. The van der Waals surface area contributed by atoms with E-state index >= 15 is 0 Å². The van der Waals surface area contributed by atoms with Gasteiger partial charge < -0.3 is 10.0 Å². The molecule has 1 aromatic heterocycles. The van der Waals surface area contributed by atoms with Crippen LogP contribution in [-0.4, -0.2) is 27.1 Å². The Morgan fingerprint density at radius 1 is 1.20 bits per heavy atom. The van der Waals surface area contributed by atoms with Crippen molar-refractivity contribution in [2.45, 2.75) is 26.4 Å². The number of aromatic nitrogens is 2. The van der Waals surface area contributed by atoms with Gasteiger partial charge in [-0.2, -0.15) is 0 Å². The summed E-state index contributed by atoms with van der Waals surface area (Å²) < 4.78 is 0. The van der Waals surface area contributed by atoms with E-state index in [1.165, 1.54) is 12.4 Å². The molecule has 1 heterocycles. The van der Waals surface area contributed by atoms with Crippen LogP contribution in [0, 0.1) is 0 Å². The maximum atomic E-state index is 11.3. The lowest BCUT2D eigenvalue weighted by Gasteiger charge is -2.28. The largest absolute Gasteiger partial charge is 0.476 e. The number of carboxylic acid groups (broad SMARTS) is 1. The molecule has 0 saturated carbocycles. The van der Waals surface area contributed by atoms with Crippen LogP contribution in [0.15, 0.2) is 42.7 Å². The molecule has 5 nitrogen and oxygen atoms in total. The third-order valence-corrected chi connectivity index (χ3v) is 2.97. The van der Waals surface area contributed by atoms with Gasteiger partial charge in [0.15, 0.2) is 11.5 Å². The molecule has 0 atom stereocenters. The minimum absolute atomic E-state index is 0.0165. The molecule has 0 fully saturated rings. The highest BCUT2D eigenvalue weighted by molar-refractivity contribution is 5.90. The predicted molar refractivity (Wildman–Crippen MR) is 76.8 cm³/mol. The summed E-state index contributed by atoms with van der Waals surface area (Å²) in [5, 5.41) is 9.23. The first-order valence-corrected chi connectivity index (χ1v) is 6.44. The Bertz CT molecular complexity index is 585. The fraction of sp³-hybridized carbons (Fsp3) is 0.267. The standard InChI is InChI=1S/C15H17N3O2/c1-11(2)18(10-12-6-4-3-5-7-12)14-13(15(19)20)16-8-9-17-14/h3-9,11H,10H2,1-2H3,(H,19,20). The number of aromatic carboxylic acids is 1. The van der Waals surface area contributed by atoms with Crippen LogP contribution in [0.4, 0.5) is 5.82 Å². The van der Waals surface area contributed by atoms with Crippen molar-refractivity contribution in [3.05, 3.63) is 54.0 Å². The van der Waals surface area contributed by atoms with Crippen molar-refractivity contribution in [3.8, 4) is 0 Å². The lowest BCUT2D eigenvalue weighted by Crippen LogP contribution is -2.32. The molecule has 0 saturated heterocycles. The first-order chi connectivity index (χ1) is 9.59. The molecule has 1 N–H and O–H groups in total. The molecule has 1 aromatic carbocycles. The summed E-state index contributed by atoms with van der Waals surface area (Å²) in [4.78, 5) is 21.3. The second-order valence-corrected chi connectivity index (χ2v) is 4.74. The molecule has 20 heavy (non-hydrogen) atoms. The zero-order valence-corrected chi connectivity index (χ0v) is 11.5. The fourth-order valence-corrected chi connectivity index (χ4v) is 1.97. The third kappa shape index (κ3) is 3.12. The van der Waals surface area contributed by atoms with Gasteiger partial charge in [0.2, 0.25) is 0 Å². The summed E-state index contributed by atoms with van der Waals surface area (Å²) in [7, 11) is 0. The van der Waals surface area contributed by atoms with E-state index in [1.54, 1.807) is 0 Å². The van der Waals surface area contributed by atoms with E-state index in [4.69, 9.17) is 0 Å². The van der Waals surface area contributed by atoms with Gasteiger partial charge >= 0.3 is 5.97 Å². The number of nitrogens with zero attached hydrogens (tertiary/aromatic N) is 3. The molecule has 0 aliphatic heterocycles. The molecular formula is C15H17N3O2. The molecule has 104 valence electrons. The van der Waals surface area contributed by atoms with Gasteiger partial charge in [-0.15, -0.1) is 0 Å². The topological polar surface area (TPSA) is 66.3 Å². The maximum absolute atomic E-state index is 11.3. The molecule has 5 heteroatoms. The van der Waals surface area contributed by atoms with Crippen molar-refractivity contribution in [3.63, 3.8) is 0 Å². The number of carboxylic acids is 1. The van der Waals surface area contributed by atoms with Gasteiger partial charge in [0.25, 0.3) is 0 Å². The minimum Gasteiger partial charge on any atom is -0.476 e. The average molecular weight is 271 g/mol. The Morgan fingerprint density at radius 3 is 2.45 bits per heavy atom. The zero-order valence-electron chi connectivity index (χ0n) is 11.5. The normalized spacial score (nSPS) is 10.6. The number of hydrogen-bond acceptors (Lipinski definition) is 4. The molecule has 0 radical (unpaired) electrons. The molecule has 0 aliphatic carbocycles. The van der Waals surface area contributed by atoms with Crippen LogP contribution in [-0.2, 0) is 6.54 Å². The minimum atomic E-state index is -1.06. The quantitative estimate of drug-likeness (QED) is 0.905. The molecule has 0 amide bonds. The maximum Gasteiger partial charge on any atom is 0.358 e. The summed E-state index contributed by atoms with van der Waals surface area (Å²) in [5.41, 5.74) is 1.08. The van der Waals surface area contributed by atoms with Gasteiger partial charge in [-0.25, -0.2) is 14.8 Å². The van der Waals surface area contributed by atoms with E-state index in [2.05, 4.69) is 9.97 Å².